The molecule has 1 atom stereocenters. The van der Waals surface area contributed by atoms with Crippen LogP contribution in [0.5, 0.6) is 0 Å². The van der Waals surface area contributed by atoms with E-state index < -0.39 is 17.7 Å². The van der Waals surface area contributed by atoms with E-state index in [9.17, 15) is 23.1 Å². The van der Waals surface area contributed by atoms with Crippen LogP contribution in [0.3, 0.4) is 0 Å². The van der Waals surface area contributed by atoms with Crippen LogP contribution in [0.25, 0.3) is 0 Å². The van der Waals surface area contributed by atoms with Crippen LogP contribution in [0.4, 0.5) is 13.2 Å². The molecule has 1 aromatic heterocycles. The molecule has 0 saturated heterocycles. The van der Waals surface area contributed by atoms with Gasteiger partial charge in [0.1, 0.15) is 0 Å². The van der Waals surface area contributed by atoms with Crippen LogP contribution in [0.2, 0.25) is 0 Å². The van der Waals surface area contributed by atoms with Gasteiger partial charge in [0.05, 0.1) is 12.0 Å². The third kappa shape index (κ3) is 2.78. The lowest BCUT2D eigenvalue weighted by molar-refractivity contribution is -0.241. The van der Waals surface area contributed by atoms with Crippen LogP contribution in [-0.2, 0) is 9.53 Å². The normalized spacial score (nSPS) is 14.4. The van der Waals surface area contributed by atoms with E-state index in [4.69, 9.17) is 0 Å². The monoisotopic (exact) mass is 264 g/mol. The highest BCUT2D eigenvalue weighted by Crippen LogP contribution is 2.31. The highest BCUT2D eigenvalue weighted by molar-refractivity contribution is 7.10. The predicted octanol–water partition coefficient (Wildman–Crippen LogP) is 1.57. The van der Waals surface area contributed by atoms with Crippen molar-refractivity contribution >= 4 is 17.3 Å². The van der Waals surface area contributed by atoms with Gasteiger partial charge in [0, 0.05) is 0 Å². The maximum atomic E-state index is 12.5. The maximum Gasteiger partial charge on any atom is 0.440 e. The summed E-state index contributed by atoms with van der Waals surface area (Å²) in [7, 11) is 0.742. The first-order valence-corrected chi connectivity index (χ1v) is 5.13. The third-order valence-corrected chi connectivity index (χ3v) is 2.56. The highest BCUT2D eigenvalue weighted by atomic mass is 32.1. The minimum atomic E-state index is -5.22. The molecular weight excluding hydrogens is 257 g/mol. The molecule has 0 radical (unpaired) electrons. The summed E-state index contributed by atoms with van der Waals surface area (Å²) in [5.74, 6) is 1.74. The van der Waals surface area contributed by atoms with E-state index in [2.05, 4.69) is 10.7 Å². The van der Waals surface area contributed by atoms with Gasteiger partial charge in [-0.15, -0.1) is 11.3 Å². The summed E-state index contributed by atoms with van der Waals surface area (Å²) < 4.78 is 41.5. The number of hydrogen-bond acceptors (Lipinski definition) is 4. The van der Waals surface area contributed by atoms with Gasteiger partial charge in [-0.3, -0.25) is 0 Å². The minimum Gasteiger partial charge on any atom is -0.466 e. The van der Waals surface area contributed by atoms with Crippen LogP contribution in [0.15, 0.2) is 17.5 Å². The summed E-state index contributed by atoms with van der Waals surface area (Å²) in [6.45, 7) is 0. The molecule has 92 valence electrons. The van der Waals surface area contributed by atoms with Crippen LogP contribution < -0.4 is 0 Å². The quantitative estimate of drug-likeness (QED) is 0.618. The van der Waals surface area contributed by atoms with E-state index >= 15 is 0 Å². The Bertz CT molecular complexity index is 455. The summed E-state index contributed by atoms with van der Waals surface area (Å²) in [4.78, 5) is 11.3. The zero-order chi connectivity index (χ0) is 13.1. The van der Waals surface area contributed by atoms with Crippen molar-refractivity contribution in [2.45, 2.75) is 11.8 Å². The second kappa shape index (κ2) is 4.77. The van der Waals surface area contributed by atoms with E-state index in [1.54, 1.807) is 11.4 Å². The number of halogens is 3. The number of esters is 1. The average molecular weight is 264 g/mol. The molecule has 0 fully saturated rings. The van der Waals surface area contributed by atoms with E-state index in [1.165, 1.54) is 12.0 Å². The first-order valence-electron chi connectivity index (χ1n) is 4.25. The van der Waals surface area contributed by atoms with Crippen LogP contribution in [0.1, 0.15) is 4.88 Å². The molecule has 0 spiro atoms. The fourth-order valence-corrected chi connectivity index (χ4v) is 1.46. The fraction of sp³-hybridized carbons (Fsp3) is 0.300. The molecule has 0 bridgehead atoms. The van der Waals surface area contributed by atoms with Crippen molar-refractivity contribution in [1.29, 1.82) is 0 Å². The topological polar surface area (TPSA) is 46.5 Å². The minimum absolute atomic E-state index is 0.302. The predicted molar refractivity (Wildman–Crippen MR) is 54.2 cm³/mol. The van der Waals surface area contributed by atoms with Gasteiger partial charge in [-0.2, -0.15) is 13.2 Å². The van der Waals surface area contributed by atoms with Crippen molar-refractivity contribution in [3.63, 3.8) is 0 Å². The maximum absolute atomic E-state index is 12.5. The Labute approximate surface area is 98.8 Å². The average Bonchev–Trinajstić information content (AvgIpc) is 2.75. The summed E-state index contributed by atoms with van der Waals surface area (Å²) in [6.07, 6.45) is -5.22. The highest BCUT2D eigenvalue weighted by Gasteiger charge is 2.60. The zero-order valence-corrected chi connectivity index (χ0v) is 9.35. The molecular formula is C10H7F3O3S. The number of methoxy groups -OCH3 is 1. The Hall–Kier alpha value is -1.52. The van der Waals surface area contributed by atoms with E-state index in [-0.39, 0.29) is 0 Å². The Morgan fingerprint density at radius 2 is 2.18 bits per heavy atom. The smallest absolute Gasteiger partial charge is 0.440 e. The van der Waals surface area contributed by atoms with Crippen LogP contribution >= 0.6 is 11.3 Å². The van der Waals surface area contributed by atoms with Crippen LogP contribution in [0, 0.1) is 11.8 Å². The largest absolute Gasteiger partial charge is 0.466 e. The summed E-state index contributed by atoms with van der Waals surface area (Å²) >= 11 is 1.09. The summed E-state index contributed by atoms with van der Waals surface area (Å²) in [6, 6.07) is 3.05. The Morgan fingerprint density at radius 3 is 2.59 bits per heavy atom. The number of carbonyl (C=O) groups is 1. The molecule has 1 rings (SSSR count). The molecule has 1 heterocycles. The lowest BCUT2D eigenvalue weighted by atomic mass is 10.1. The standard InChI is InChI=1S/C10H7F3O3S/c1-16-8(14)9(15,10(11,12)13)5-4-7-3-2-6-17-7/h2-3,6,15H,1H3/t9-/m0/s1. The Morgan fingerprint density at radius 1 is 1.53 bits per heavy atom. The molecule has 0 unspecified atom stereocenters. The second-order valence-corrected chi connectivity index (χ2v) is 3.87. The van der Waals surface area contributed by atoms with Gasteiger partial charge in [-0.1, -0.05) is 12.0 Å². The first-order chi connectivity index (χ1) is 7.81. The van der Waals surface area contributed by atoms with Crippen molar-refractivity contribution in [2.24, 2.45) is 0 Å². The number of thiophene rings is 1. The second-order valence-electron chi connectivity index (χ2n) is 2.93. The third-order valence-electron chi connectivity index (χ3n) is 1.78. The van der Waals surface area contributed by atoms with Gasteiger partial charge < -0.3 is 9.84 Å². The van der Waals surface area contributed by atoms with Crippen molar-refractivity contribution in [3.8, 4) is 11.8 Å². The Balaban J connectivity index is 3.13. The molecule has 0 amide bonds. The number of hydrogen-bond donors (Lipinski definition) is 1. The fourth-order valence-electron chi connectivity index (χ4n) is 0.887. The van der Waals surface area contributed by atoms with Crippen molar-refractivity contribution in [1.82, 2.24) is 0 Å². The first kappa shape index (κ1) is 13.5. The van der Waals surface area contributed by atoms with E-state index in [0.717, 1.165) is 18.4 Å². The van der Waals surface area contributed by atoms with Gasteiger partial charge >= 0.3 is 17.7 Å². The molecule has 0 saturated carbocycles. The van der Waals surface area contributed by atoms with Gasteiger partial charge in [0.2, 0.25) is 0 Å². The molecule has 1 aromatic rings. The SMILES string of the molecule is COC(=O)[C@@](O)(C#Cc1cccs1)C(F)(F)F. The summed E-state index contributed by atoms with van der Waals surface area (Å²) in [5, 5.41) is 10.9. The Kier molecular flexibility index (Phi) is 3.80. The number of aliphatic hydroxyl groups is 1. The zero-order valence-electron chi connectivity index (χ0n) is 8.54. The number of rotatable bonds is 1. The van der Waals surface area contributed by atoms with Crippen LogP contribution in [-0.4, -0.2) is 30.0 Å². The summed E-state index contributed by atoms with van der Waals surface area (Å²) in [5.41, 5.74) is -3.80. The number of alkyl halides is 3. The molecule has 1 N–H and O–H groups in total. The number of carbonyl (C=O) groups excluding carboxylic acids is 1. The molecule has 0 aromatic carbocycles. The van der Waals surface area contributed by atoms with Gasteiger partial charge in [0.15, 0.2) is 0 Å². The molecule has 17 heavy (non-hydrogen) atoms. The van der Waals surface area contributed by atoms with E-state index in [0.29, 0.717) is 4.88 Å². The molecule has 0 aliphatic rings. The lowest BCUT2D eigenvalue weighted by Gasteiger charge is -2.21. The van der Waals surface area contributed by atoms with Gasteiger partial charge in [-0.25, -0.2) is 4.79 Å². The van der Waals surface area contributed by atoms with Crippen molar-refractivity contribution in [2.75, 3.05) is 7.11 Å². The van der Waals surface area contributed by atoms with Crippen molar-refractivity contribution in [3.05, 3.63) is 22.4 Å². The van der Waals surface area contributed by atoms with Gasteiger partial charge in [-0.05, 0) is 17.4 Å². The number of ether oxygens (including phenoxy) is 1. The van der Waals surface area contributed by atoms with Crippen molar-refractivity contribution < 1.29 is 27.8 Å². The molecule has 0 aliphatic heterocycles. The lowest BCUT2D eigenvalue weighted by Crippen LogP contribution is -2.51. The van der Waals surface area contributed by atoms with E-state index in [1.807, 2.05) is 0 Å². The molecule has 7 heteroatoms. The van der Waals surface area contributed by atoms with Gasteiger partial charge in [0.25, 0.3) is 0 Å². The molecule has 0 aliphatic carbocycles. The molecule has 3 nitrogen and oxygen atoms in total.